The summed E-state index contributed by atoms with van der Waals surface area (Å²) in [5.41, 5.74) is 3.63. The minimum absolute atomic E-state index is 0.317. The first kappa shape index (κ1) is 36.0. The van der Waals surface area contributed by atoms with Crippen LogP contribution in [0.25, 0.3) is 54.2 Å². The van der Waals surface area contributed by atoms with Gasteiger partial charge in [0.05, 0.1) is 25.3 Å². The SMILES string of the molecule is COC(=O)c1ccccc1-c1cc2ccccc2c2ccccc12.COC(=O)c1ccccc1Br.OB(O)c1cc2ccccc2c2ccccc12. The first-order valence-electron chi connectivity index (χ1n) is 16.5. The first-order chi connectivity index (χ1) is 25.3. The molecule has 8 aromatic carbocycles. The molecule has 256 valence electrons. The second kappa shape index (κ2) is 16.5. The molecule has 0 saturated heterocycles. The fourth-order valence-electron chi connectivity index (χ4n) is 6.32. The van der Waals surface area contributed by atoms with Crippen molar-refractivity contribution in [2.75, 3.05) is 14.2 Å². The van der Waals surface area contributed by atoms with E-state index >= 15 is 0 Å². The smallest absolute Gasteiger partial charge is 0.465 e. The van der Waals surface area contributed by atoms with Gasteiger partial charge in [0, 0.05) is 4.47 Å². The number of hydrogen-bond acceptors (Lipinski definition) is 6. The van der Waals surface area contributed by atoms with Gasteiger partial charge in [-0.1, -0.05) is 133 Å². The summed E-state index contributed by atoms with van der Waals surface area (Å²) >= 11 is 3.24. The maximum Gasteiger partial charge on any atom is 0.489 e. The molecule has 0 fully saturated rings. The summed E-state index contributed by atoms with van der Waals surface area (Å²) in [7, 11) is 1.34. The van der Waals surface area contributed by atoms with E-state index in [9.17, 15) is 19.6 Å². The number of hydrogen-bond donors (Lipinski definition) is 2. The number of rotatable bonds is 4. The number of halogens is 1. The van der Waals surface area contributed by atoms with Gasteiger partial charge in [-0.2, -0.15) is 0 Å². The molecule has 6 nitrogen and oxygen atoms in total. The van der Waals surface area contributed by atoms with E-state index in [4.69, 9.17) is 4.74 Å². The van der Waals surface area contributed by atoms with Crippen LogP contribution in [0.1, 0.15) is 20.7 Å². The van der Waals surface area contributed by atoms with Crippen LogP contribution in [-0.4, -0.2) is 43.3 Å². The molecule has 0 bridgehead atoms. The van der Waals surface area contributed by atoms with Gasteiger partial charge in [0.2, 0.25) is 0 Å². The zero-order valence-electron chi connectivity index (χ0n) is 28.5. The zero-order chi connectivity index (χ0) is 36.6. The number of fused-ring (bicyclic) bond motifs is 6. The van der Waals surface area contributed by atoms with Crippen molar-refractivity contribution in [2.24, 2.45) is 0 Å². The van der Waals surface area contributed by atoms with Crippen molar-refractivity contribution in [3.05, 3.63) is 173 Å². The number of carbonyl (C=O) groups is 2. The summed E-state index contributed by atoms with van der Waals surface area (Å²) < 4.78 is 10.3. The van der Waals surface area contributed by atoms with Crippen LogP contribution in [0.5, 0.6) is 0 Å². The Morgan fingerprint density at radius 2 is 0.904 bits per heavy atom. The van der Waals surface area contributed by atoms with E-state index in [-0.39, 0.29) is 11.9 Å². The minimum Gasteiger partial charge on any atom is -0.465 e. The number of methoxy groups -OCH3 is 2. The molecule has 0 aliphatic heterocycles. The van der Waals surface area contributed by atoms with Gasteiger partial charge in [0.1, 0.15) is 0 Å². The normalized spacial score (nSPS) is 10.6. The Morgan fingerprint density at radius 1 is 0.481 bits per heavy atom. The van der Waals surface area contributed by atoms with E-state index in [2.05, 4.69) is 57.1 Å². The summed E-state index contributed by atoms with van der Waals surface area (Å²) in [5.74, 6) is -0.639. The van der Waals surface area contributed by atoms with Crippen LogP contribution in [-0.2, 0) is 9.47 Å². The molecule has 0 saturated carbocycles. The predicted molar refractivity (Wildman–Crippen MR) is 215 cm³/mol. The molecular weight excluding hydrogens is 715 g/mol. The molecule has 0 aliphatic carbocycles. The van der Waals surface area contributed by atoms with Crippen molar-refractivity contribution in [3.8, 4) is 11.1 Å². The fourth-order valence-corrected chi connectivity index (χ4v) is 6.76. The molecule has 0 aliphatic rings. The van der Waals surface area contributed by atoms with Crippen LogP contribution < -0.4 is 5.46 Å². The highest BCUT2D eigenvalue weighted by Crippen LogP contribution is 2.36. The van der Waals surface area contributed by atoms with Gasteiger partial charge >= 0.3 is 19.1 Å². The van der Waals surface area contributed by atoms with Gasteiger partial charge in [-0.25, -0.2) is 9.59 Å². The van der Waals surface area contributed by atoms with Crippen LogP contribution in [0, 0.1) is 0 Å². The minimum atomic E-state index is -1.44. The Balaban J connectivity index is 0.000000145. The monoisotopic (exact) mass is 748 g/mol. The van der Waals surface area contributed by atoms with Crippen LogP contribution in [0.15, 0.2) is 162 Å². The zero-order valence-corrected chi connectivity index (χ0v) is 30.1. The molecule has 2 N–H and O–H groups in total. The highest BCUT2D eigenvalue weighted by molar-refractivity contribution is 9.10. The van der Waals surface area contributed by atoms with E-state index in [1.807, 2.05) is 103 Å². The molecule has 0 radical (unpaired) electrons. The van der Waals surface area contributed by atoms with E-state index in [0.717, 1.165) is 47.9 Å². The van der Waals surface area contributed by atoms with Gasteiger partial charge in [0.25, 0.3) is 0 Å². The summed E-state index contributed by atoms with van der Waals surface area (Å²) in [6, 6.07) is 51.1. The Bertz CT molecular complexity index is 2550. The molecule has 0 heterocycles. The lowest BCUT2D eigenvalue weighted by Crippen LogP contribution is -2.30. The van der Waals surface area contributed by atoms with Crippen molar-refractivity contribution in [3.63, 3.8) is 0 Å². The van der Waals surface area contributed by atoms with Crippen LogP contribution >= 0.6 is 15.9 Å². The number of carbonyl (C=O) groups excluding carboxylic acids is 2. The molecule has 0 aromatic heterocycles. The van der Waals surface area contributed by atoms with Crippen molar-refractivity contribution in [1.82, 2.24) is 0 Å². The van der Waals surface area contributed by atoms with Crippen molar-refractivity contribution in [2.45, 2.75) is 0 Å². The third kappa shape index (κ3) is 7.60. The fraction of sp³-hybridized carbons (Fsp3) is 0.0455. The second-order valence-corrected chi connectivity index (χ2v) is 12.7. The van der Waals surface area contributed by atoms with E-state index in [1.54, 1.807) is 18.2 Å². The lowest BCUT2D eigenvalue weighted by Gasteiger charge is -2.13. The summed E-state index contributed by atoms with van der Waals surface area (Å²) in [6.07, 6.45) is 0. The largest absolute Gasteiger partial charge is 0.489 e. The molecule has 0 unspecified atom stereocenters. The molecule has 52 heavy (non-hydrogen) atoms. The Labute approximate surface area is 310 Å². The Kier molecular flexibility index (Phi) is 11.4. The summed E-state index contributed by atoms with van der Waals surface area (Å²) in [6.45, 7) is 0. The average Bonchev–Trinajstić information content (AvgIpc) is 3.20. The standard InChI is InChI=1S/C22H16O2.C14H11BO2.C8H7BrO2/c1-24-22(23)20-13-7-6-12-19(20)21-14-15-8-2-3-9-16(15)17-10-4-5-11-18(17)21;16-15(17)14-9-10-5-1-2-6-11(10)12-7-3-4-8-13(12)14;1-11-8(10)6-4-2-3-5-7(6)9/h2-14H,1H3;1-9,16-17H;2-5H,1H3. The van der Waals surface area contributed by atoms with E-state index in [1.165, 1.54) is 25.0 Å². The number of ether oxygens (including phenoxy) is 2. The van der Waals surface area contributed by atoms with Crippen LogP contribution in [0.2, 0.25) is 0 Å². The van der Waals surface area contributed by atoms with Gasteiger partial charge in [0.15, 0.2) is 0 Å². The van der Waals surface area contributed by atoms with Gasteiger partial charge in [-0.3, -0.25) is 0 Å². The highest BCUT2D eigenvalue weighted by atomic mass is 79.9. The molecule has 0 atom stereocenters. The Hall–Kier alpha value is -5.80. The highest BCUT2D eigenvalue weighted by Gasteiger charge is 2.17. The lowest BCUT2D eigenvalue weighted by molar-refractivity contribution is 0.0591. The van der Waals surface area contributed by atoms with Gasteiger partial charge in [-0.05, 0) is 99.9 Å². The number of benzene rings is 8. The maximum atomic E-state index is 12.2. The second-order valence-electron chi connectivity index (χ2n) is 11.8. The van der Waals surface area contributed by atoms with Crippen molar-refractivity contribution in [1.29, 1.82) is 0 Å². The quantitative estimate of drug-likeness (QED) is 0.106. The molecule has 8 aromatic rings. The predicted octanol–water partition coefficient (Wildman–Crippen LogP) is 9.36. The first-order valence-corrected chi connectivity index (χ1v) is 17.3. The lowest BCUT2D eigenvalue weighted by atomic mass is 9.76. The van der Waals surface area contributed by atoms with Crippen LogP contribution in [0.4, 0.5) is 0 Å². The van der Waals surface area contributed by atoms with Crippen LogP contribution in [0.3, 0.4) is 0 Å². The van der Waals surface area contributed by atoms with Crippen molar-refractivity contribution < 1.29 is 29.1 Å². The molecule has 8 rings (SSSR count). The molecule has 8 heteroatoms. The van der Waals surface area contributed by atoms with E-state index < -0.39 is 7.12 Å². The van der Waals surface area contributed by atoms with Gasteiger partial charge in [-0.15, -0.1) is 0 Å². The van der Waals surface area contributed by atoms with Gasteiger partial charge < -0.3 is 19.5 Å². The summed E-state index contributed by atoms with van der Waals surface area (Å²) in [5, 5.41) is 27.7. The maximum absolute atomic E-state index is 12.2. The van der Waals surface area contributed by atoms with E-state index in [0.29, 0.717) is 16.6 Å². The summed E-state index contributed by atoms with van der Waals surface area (Å²) in [4.78, 5) is 23.2. The molecule has 0 spiro atoms. The topological polar surface area (TPSA) is 93.1 Å². The molecule has 0 amide bonds. The van der Waals surface area contributed by atoms with Crippen molar-refractivity contribution >= 4 is 83.5 Å². The third-order valence-electron chi connectivity index (χ3n) is 8.75. The average molecular weight is 749 g/mol. The number of esters is 2. The third-order valence-corrected chi connectivity index (χ3v) is 9.44. The Morgan fingerprint density at radius 3 is 1.48 bits per heavy atom. The molecular formula is C44H34BBrO6.